The van der Waals surface area contributed by atoms with Crippen LogP contribution in [0.3, 0.4) is 0 Å². The Kier molecular flexibility index (Phi) is 4.19. The fraction of sp³-hybridized carbons (Fsp3) is 0.263. The molecule has 2 aromatic carbocycles. The van der Waals surface area contributed by atoms with Crippen LogP contribution in [0.2, 0.25) is 5.02 Å². The van der Waals surface area contributed by atoms with Crippen molar-refractivity contribution in [1.82, 2.24) is 14.9 Å². The predicted octanol–water partition coefficient (Wildman–Crippen LogP) is 3.41. The van der Waals surface area contributed by atoms with Crippen LogP contribution in [0.4, 0.5) is 5.82 Å². The van der Waals surface area contributed by atoms with Crippen LogP contribution in [0.15, 0.2) is 42.5 Å². The van der Waals surface area contributed by atoms with E-state index in [2.05, 4.69) is 21.8 Å². The highest BCUT2D eigenvalue weighted by Gasteiger charge is 2.20. The molecular weight excluding hydrogens is 336 g/mol. The number of benzene rings is 2. The van der Waals surface area contributed by atoms with Crippen LogP contribution in [-0.4, -0.2) is 53.2 Å². The SMILES string of the molecule is CN1CCN(c2nc(-c3cc(Cl)ccc3O)nc3ccccc23)CC1. The molecule has 0 saturated carbocycles. The van der Waals surface area contributed by atoms with Gasteiger partial charge < -0.3 is 14.9 Å². The quantitative estimate of drug-likeness (QED) is 0.764. The van der Waals surface area contributed by atoms with Crippen LogP contribution in [0.1, 0.15) is 0 Å². The molecule has 3 aromatic rings. The number of aromatic nitrogens is 2. The van der Waals surface area contributed by atoms with Gasteiger partial charge in [-0.25, -0.2) is 9.97 Å². The zero-order valence-electron chi connectivity index (χ0n) is 14.0. The van der Waals surface area contributed by atoms with Crippen molar-refractivity contribution < 1.29 is 5.11 Å². The molecular formula is C19H19ClN4O. The van der Waals surface area contributed by atoms with Crippen LogP contribution in [0.5, 0.6) is 5.75 Å². The molecule has 1 aliphatic rings. The molecule has 0 atom stereocenters. The van der Waals surface area contributed by atoms with Crippen molar-refractivity contribution in [3.63, 3.8) is 0 Å². The monoisotopic (exact) mass is 354 g/mol. The maximum Gasteiger partial charge on any atom is 0.165 e. The summed E-state index contributed by atoms with van der Waals surface area (Å²) in [5, 5.41) is 11.8. The van der Waals surface area contributed by atoms with Gasteiger partial charge >= 0.3 is 0 Å². The van der Waals surface area contributed by atoms with Gasteiger partial charge in [-0.2, -0.15) is 0 Å². The summed E-state index contributed by atoms with van der Waals surface area (Å²) in [7, 11) is 2.13. The van der Waals surface area contributed by atoms with E-state index < -0.39 is 0 Å². The summed E-state index contributed by atoms with van der Waals surface area (Å²) in [5.41, 5.74) is 1.41. The van der Waals surface area contributed by atoms with Gasteiger partial charge in [0.2, 0.25) is 0 Å². The normalized spacial score (nSPS) is 15.7. The van der Waals surface area contributed by atoms with Crippen LogP contribution in [0.25, 0.3) is 22.3 Å². The van der Waals surface area contributed by atoms with Gasteiger partial charge in [0.1, 0.15) is 11.6 Å². The van der Waals surface area contributed by atoms with Crippen LogP contribution in [-0.2, 0) is 0 Å². The Labute approximate surface area is 151 Å². The number of halogens is 1. The first kappa shape index (κ1) is 16.1. The average Bonchev–Trinajstić information content (AvgIpc) is 2.63. The molecule has 1 N–H and O–H groups in total. The lowest BCUT2D eigenvalue weighted by atomic mass is 10.1. The number of rotatable bonds is 2. The van der Waals surface area contributed by atoms with Gasteiger partial charge in [-0.15, -0.1) is 0 Å². The summed E-state index contributed by atoms with van der Waals surface area (Å²) in [6, 6.07) is 12.9. The predicted molar refractivity (Wildman–Crippen MR) is 101 cm³/mol. The van der Waals surface area contributed by atoms with E-state index in [1.54, 1.807) is 18.2 Å². The van der Waals surface area contributed by atoms with Crippen LogP contribution >= 0.6 is 11.6 Å². The molecule has 2 heterocycles. The van der Waals surface area contributed by atoms with Gasteiger partial charge in [0, 0.05) is 36.6 Å². The molecule has 1 fully saturated rings. The molecule has 1 aromatic heterocycles. The molecule has 4 rings (SSSR count). The average molecular weight is 355 g/mol. The fourth-order valence-electron chi connectivity index (χ4n) is 3.13. The highest BCUT2D eigenvalue weighted by molar-refractivity contribution is 6.30. The van der Waals surface area contributed by atoms with E-state index in [0.29, 0.717) is 16.4 Å². The second kappa shape index (κ2) is 6.50. The number of piperazine rings is 1. The van der Waals surface area contributed by atoms with Gasteiger partial charge in [0.15, 0.2) is 5.82 Å². The number of fused-ring (bicyclic) bond motifs is 1. The van der Waals surface area contributed by atoms with Crippen molar-refractivity contribution in [2.45, 2.75) is 0 Å². The van der Waals surface area contributed by atoms with Crippen molar-refractivity contribution in [1.29, 1.82) is 0 Å². The van der Waals surface area contributed by atoms with Crippen molar-refractivity contribution in [2.24, 2.45) is 0 Å². The zero-order valence-corrected chi connectivity index (χ0v) is 14.7. The number of para-hydroxylation sites is 1. The highest BCUT2D eigenvalue weighted by Crippen LogP contribution is 2.33. The minimum absolute atomic E-state index is 0.129. The molecule has 0 aliphatic carbocycles. The number of hydrogen-bond donors (Lipinski definition) is 1. The summed E-state index contributed by atoms with van der Waals surface area (Å²) in [4.78, 5) is 14.0. The zero-order chi connectivity index (χ0) is 17.4. The van der Waals surface area contributed by atoms with E-state index in [1.165, 1.54) is 0 Å². The van der Waals surface area contributed by atoms with Gasteiger partial charge in [0.05, 0.1) is 11.1 Å². The molecule has 0 unspecified atom stereocenters. The van der Waals surface area contributed by atoms with E-state index in [1.807, 2.05) is 24.3 Å². The third kappa shape index (κ3) is 3.13. The minimum atomic E-state index is 0.129. The Morgan fingerprint density at radius 3 is 2.56 bits per heavy atom. The summed E-state index contributed by atoms with van der Waals surface area (Å²) in [5.74, 6) is 1.53. The molecule has 0 amide bonds. The first-order valence-electron chi connectivity index (χ1n) is 8.31. The molecule has 0 radical (unpaired) electrons. The highest BCUT2D eigenvalue weighted by atomic mass is 35.5. The molecule has 0 bridgehead atoms. The van der Waals surface area contributed by atoms with E-state index in [9.17, 15) is 5.11 Å². The van der Waals surface area contributed by atoms with Gasteiger partial charge in [-0.1, -0.05) is 23.7 Å². The maximum atomic E-state index is 10.2. The molecule has 0 spiro atoms. The minimum Gasteiger partial charge on any atom is -0.507 e. The lowest BCUT2D eigenvalue weighted by Crippen LogP contribution is -2.45. The van der Waals surface area contributed by atoms with Gasteiger partial charge in [-0.05, 0) is 37.4 Å². The van der Waals surface area contributed by atoms with Gasteiger partial charge in [0.25, 0.3) is 0 Å². The fourth-order valence-corrected chi connectivity index (χ4v) is 3.30. The number of hydrogen-bond acceptors (Lipinski definition) is 5. The van der Waals surface area contributed by atoms with Crippen molar-refractivity contribution in [2.75, 3.05) is 38.1 Å². The number of likely N-dealkylation sites (N-methyl/N-ethyl adjacent to an activating group) is 1. The number of phenolic OH excluding ortho intramolecular Hbond substituents is 1. The second-order valence-corrected chi connectivity index (χ2v) is 6.78. The molecule has 1 aliphatic heterocycles. The topological polar surface area (TPSA) is 52.5 Å². The Morgan fingerprint density at radius 1 is 1.00 bits per heavy atom. The van der Waals surface area contributed by atoms with Crippen LogP contribution in [0, 0.1) is 0 Å². The summed E-state index contributed by atoms with van der Waals surface area (Å²) < 4.78 is 0. The van der Waals surface area contributed by atoms with Crippen molar-refractivity contribution in [3.05, 3.63) is 47.5 Å². The molecule has 128 valence electrons. The van der Waals surface area contributed by atoms with E-state index in [-0.39, 0.29) is 5.75 Å². The standard InChI is InChI=1S/C19H19ClN4O/c1-23-8-10-24(11-9-23)19-14-4-2-3-5-16(14)21-18(22-19)15-12-13(20)6-7-17(15)25/h2-7,12,25H,8-11H2,1H3. The number of anilines is 1. The lowest BCUT2D eigenvalue weighted by molar-refractivity contribution is 0.312. The number of nitrogens with zero attached hydrogens (tertiary/aromatic N) is 4. The molecule has 25 heavy (non-hydrogen) atoms. The first-order valence-corrected chi connectivity index (χ1v) is 8.69. The Balaban J connectivity index is 1.88. The molecule has 6 heteroatoms. The smallest absolute Gasteiger partial charge is 0.165 e. The largest absolute Gasteiger partial charge is 0.507 e. The Bertz CT molecular complexity index is 922. The second-order valence-electron chi connectivity index (χ2n) is 6.34. The van der Waals surface area contributed by atoms with Crippen molar-refractivity contribution in [3.8, 4) is 17.1 Å². The van der Waals surface area contributed by atoms with Gasteiger partial charge in [-0.3, -0.25) is 0 Å². The first-order chi connectivity index (χ1) is 12.1. The molecule has 5 nitrogen and oxygen atoms in total. The molecule has 1 saturated heterocycles. The van der Waals surface area contributed by atoms with Crippen molar-refractivity contribution >= 4 is 28.3 Å². The third-order valence-electron chi connectivity index (χ3n) is 4.59. The number of aromatic hydroxyl groups is 1. The Hall–Kier alpha value is -2.37. The van der Waals surface area contributed by atoms with Crippen LogP contribution < -0.4 is 4.90 Å². The Morgan fingerprint density at radius 2 is 1.76 bits per heavy atom. The van der Waals surface area contributed by atoms with E-state index in [4.69, 9.17) is 16.6 Å². The summed E-state index contributed by atoms with van der Waals surface area (Å²) in [6.45, 7) is 3.82. The maximum absolute atomic E-state index is 10.2. The number of phenols is 1. The lowest BCUT2D eigenvalue weighted by Gasteiger charge is -2.33. The summed E-state index contributed by atoms with van der Waals surface area (Å²) >= 11 is 6.11. The summed E-state index contributed by atoms with van der Waals surface area (Å²) in [6.07, 6.45) is 0. The van der Waals surface area contributed by atoms with E-state index >= 15 is 0 Å². The third-order valence-corrected chi connectivity index (χ3v) is 4.82. The van der Waals surface area contributed by atoms with E-state index in [0.717, 1.165) is 42.9 Å².